The maximum atomic E-state index is 13.7. The van der Waals surface area contributed by atoms with Crippen molar-refractivity contribution >= 4 is 11.6 Å². The molecule has 0 spiro atoms. The van der Waals surface area contributed by atoms with Crippen LogP contribution in [0.2, 0.25) is 0 Å². The Bertz CT molecular complexity index is 1220. The number of imidazole rings is 1. The normalized spacial score (nSPS) is 10.7. The Balaban J connectivity index is 1.43. The molecule has 0 saturated carbocycles. The molecule has 0 aliphatic heterocycles. The van der Waals surface area contributed by atoms with E-state index in [2.05, 4.69) is 20.5 Å². The van der Waals surface area contributed by atoms with E-state index in [0.717, 1.165) is 23.5 Å². The molecule has 9 heteroatoms. The highest BCUT2D eigenvalue weighted by Crippen LogP contribution is 2.23. The van der Waals surface area contributed by atoms with Crippen molar-refractivity contribution in [2.24, 2.45) is 0 Å². The van der Waals surface area contributed by atoms with Gasteiger partial charge in [0.15, 0.2) is 5.82 Å². The van der Waals surface area contributed by atoms with Crippen LogP contribution in [0.15, 0.2) is 60.9 Å². The van der Waals surface area contributed by atoms with Crippen LogP contribution in [0, 0.1) is 25.5 Å². The number of rotatable bonds is 5. The Kier molecular flexibility index (Phi) is 5.40. The standard InChI is InChI=1S/C22H17F2N5O2/c1-13-14(2)29(12-25-13)19-10-11-20(28-27-19)31-16-8-6-15(7-9-16)26-22(30)21-17(23)4-3-5-18(21)24/h3-12H,1-2H3,(H,26,30). The predicted molar refractivity (Wildman–Crippen MR) is 109 cm³/mol. The zero-order valence-corrected chi connectivity index (χ0v) is 16.6. The van der Waals surface area contributed by atoms with Gasteiger partial charge in [-0.3, -0.25) is 9.36 Å². The third kappa shape index (κ3) is 4.25. The van der Waals surface area contributed by atoms with Gasteiger partial charge in [-0.1, -0.05) is 6.07 Å². The molecule has 4 aromatic rings. The second kappa shape index (κ2) is 8.31. The first-order chi connectivity index (χ1) is 14.9. The van der Waals surface area contributed by atoms with Gasteiger partial charge in [-0.2, -0.15) is 0 Å². The molecule has 0 saturated heterocycles. The molecule has 0 aliphatic rings. The molecule has 156 valence electrons. The predicted octanol–water partition coefficient (Wildman–Crippen LogP) is 4.60. The lowest BCUT2D eigenvalue weighted by atomic mass is 10.2. The molecule has 0 fully saturated rings. The molecule has 0 radical (unpaired) electrons. The lowest BCUT2D eigenvalue weighted by molar-refractivity contribution is 0.101. The Labute approximate surface area is 176 Å². The second-order valence-electron chi connectivity index (χ2n) is 6.69. The van der Waals surface area contributed by atoms with Crippen LogP contribution in [-0.2, 0) is 0 Å². The summed E-state index contributed by atoms with van der Waals surface area (Å²) in [6.45, 7) is 3.85. The number of amides is 1. The van der Waals surface area contributed by atoms with Gasteiger partial charge in [0, 0.05) is 17.4 Å². The van der Waals surface area contributed by atoms with Gasteiger partial charge < -0.3 is 10.1 Å². The summed E-state index contributed by atoms with van der Waals surface area (Å²) >= 11 is 0. The van der Waals surface area contributed by atoms with Gasteiger partial charge in [0.2, 0.25) is 5.88 Å². The molecule has 4 rings (SSSR count). The molecule has 1 amide bonds. The van der Waals surface area contributed by atoms with Gasteiger partial charge in [-0.05, 0) is 56.3 Å². The highest BCUT2D eigenvalue weighted by atomic mass is 19.1. The lowest BCUT2D eigenvalue weighted by Crippen LogP contribution is -2.15. The molecule has 0 bridgehead atoms. The van der Waals surface area contributed by atoms with E-state index in [9.17, 15) is 13.6 Å². The molecule has 2 aromatic heterocycles. The molecule has 0 atom stereocenters. The monoisotopic (exact) mass is 421 g/mol. The molecule has 2 aromatic carbocycles. The van der Waals surface area contributed by atoms with Crippen LogP contribution >= 0.6 is 0 Å². The third-order valence-electron chi connectivity index (χ3n) is 4.65. The number of halogens is 2. The van der Waals surface area contributed by atoms with Crippen LogP contribution < -0.4 is 10.1 Å². The summed E-state index contributed by atoms with van der Waals surface area (Å²) in [6.07, 6.45) is 1.68. The Morgan fingerprint density at radius 1 is 0.968 bits per heavy atom. The highest BCUT2D eigenvalue weighted by molar-refractivity contribution is 6.04. The largest absolute Gasteiger partial charge is 0.438 e. The lowest BCUT2D eigenvalue weighted by Gasteiger charge is -2.09. The molecule has 1 N–H and O–H groups in total. The molecule has 0 unspecified atom stereocenters. The van der Waals surface area contributed by atoms with Crippen LogP contribution in [0.4, 0.5) is 14.5 Å². The Morgan fingerprint density at radius 2 is 1.68 bits per heavy atom. The van der Waals surface area contributed by atoms with Gasteiger partial charge >= 0.3 is 0 Å². The second-order valence-corrected chi connectivity index (χ2v) is 6.69. The van der Waals surface area contributed by atoms with Crippen LogP contribution in [0.1, 0.15) is 21.7 Å². The van der Waals surface area contributed by atoms with E-state index in [1.54, 1.807) is 42.7 Å². The smallest absolute Gasteiger partial charge is 0.261 e. The topological polar surface area (TPSA) is 81.9 Å². The summed E-state index contributed by atoms with van der Waals surface area (Å²) in [5.74, 6) is -1.39. The van der Waals surface area contributed by atoms with Gasteiger partial charge in [0.05, 0.1) is 5.69 Å². The summed E-state index contributed by atoms with van der Waals surface area (Å²) in [5, 5.41) is 10.7. The summed E-state index contributed by atoms with van der Waals surface area (Å²) in [5.41, 5.74) is 1.59. The maximum absolute atomic E-state index is 13.7. The first kappa shape index (κ1) is 20.1. The van der Waals surface area contributed by atoms with Crippen LogP contribution in [-0.4, -0.2) is 25.7 Å². The number of carbonyl (C=O) groups is 1. The molecule has 7 nitrogen and oxygen atoms in total. The minimum atomic E-state index is -0.930. The number of hydrogen-bond acceptors (Lipinski definition) is 5. The first-order valence-corrected chi connectivity index (χ1v) is 9.30. The summed E-state index contributed by atoms with van der Waals surface area (Å²) < 4.78 is 34.9. The minimum absolute atomic E-state index is 0.281. The number of hydrogen-bond donors (Lipinski definition) is 1. The molecule has 2 heterocycles. The van der Waals surface area contributed by atoms with Crippen molar-refractivity contribution in [1.82, 2.24) is 19.7 Å². The number of benzene rings is 2. The van der Waals surface area contributed by atoms with Crippen molar-refractivity contribution in [2.75, 3.05) is 5.32 Å². The Hall–Kier alpha value is -4.14. The minimum Gasteiger partial charge on any atom is -0.438 e. The van der Waals surface area contributed by atoms with Crippen molar-refractivity contribution < 1.29 is 18.3 Å². The van der Waals surface area contributed by atoms with Crippen molar-refractivity contribution in [3.8, 4) is 17.4 Å². The number of aromatic nitrogens is 4. The van der Waals surface area contributed by atoms with Gasteiger partial charge in [0.25, 0.3) is 5.91 Å². The number of nitrogens with zero attached hydrogens (tertiary/aromatic N) is 4. The van der Waals surface area contributed by atoms with E-state index in [-0.39, 0.29) is 5.88 Å². The quantitative estimate of drug-likeness (QED) is 0.509. The van der Waals surface area contributed by atoms with Gasteiger partial charge in [0.1, 0.15) is 29.3 Å². The van der Waals surface area contributed by atoms with E-state index in [1.165, 1.54) is 6.07 Å². The van der Waals surface area contributed by atoms with Crippen molar-refractivity contribution in [3.05, 3.63) is 89.5 Å². The van der Waals surface area contributed by atoms with Crippen molar-refractivity contribution in [3.63, 3.8) is 0 Å². The fraction of sp³-hybridized carbons (Fsp3) is 0.0909. The third-order valence-corrected chi connectivity index (χ3v) is 4.65. The molecule has 31 heavy (non-hydrogen) atoms. The van der Waals surface area contributed by atoms with E-state index in [1.807, 2.05) is 18.4 Å². The van der Waals surface area contributed by atoms with Crippen LogP contribution in [0.5, 0.6) is 11.6 Å². The zero-order chi connectivity index (χ0) is 22.0. The fourth-order valence-electron chi connectivity index (χ4n) is 2.86. The van der Waals surface area contributed by atoms with E-state index >= 15 is 0 Å². The number of carbonyl (C=O) groups excluding carboxylic acids is 1. The number of aryl methyl sites for hydroxylation is 1. The molecular weight excluding hydrogens is 404 g/mol. The van der Waals surface area contributed by atoms with E-state index < -0.39 is 23.1 Å². The summed E-state index contributed by atoms with van der Waals surface area (Å²) in [7, 11) is 0. The highest BCUT2D eigenvalue weighted by Gasteiger charge is 2.17. The average Bonchev–Trinajstić information content (AvgIpc) is 3.08. The molecule has 0 aliphatic carbocycles. The summed E-state index contributed by atoms with van der Waals surface area (Å²) in [4.78, 5) is 16.4. The number of anilines is 1. The van der Waals surface area contributed by atoms with Crippen molar-refractivity contribution in [1.29, 1.82) is 0 Å². The maximum Gasteiger partial charge on any atom is 0.261 e. The summed E-state index contributed by atoms with van der Waals surface area (Å²) in [6, 6.07) is 12.9. The number of ether oxygens (including phenoxy) is 1. The Morgan fingerprint density at radius 3 is 2.26 bits per heavy atom. The fourth-order valence-corrected chi connectivity index (χ4v) is 2.86. The van der Waals surface area contributed by atoms with Gasteiger partial charge in [-0.15, -0.1) is 10.2 Å². The van der Waals surface area contributed by atoms with E-state index in [4.69, 9.17) is 4.74 Å². The van der Waals surface area contributed by atoms with Crippen molar-refractivity contribution in [2.45, 2.75) is 13.8 Å². The zero-order valence-electron chi connectivity index (χ0n) is 16.6. The number of nitrogens with one attached hydrogen (secondary N) is 1. The van der Waals surface area contributed by atoms with Crippen LogP contribution in [0.25, 0.3) is 5.82 Å². The van der Waals surface area contributed by atoms with Crippen LogP contribution in [0.3, 0.4) is 0 Å². The SMILES string of the molecule is Cc1ncn(-c2ccc(Oc3ccc(NC(=O)c4c(F)cccc4F)cc3)nn2)c1C. The van der Waals surface area contributed by atoms with E-state index in [0.29, 0.717) is 17.3 Å². The molecular formula is C22H17F2N5O2. The average molecular weight is 421 g/mol. The first-order valence-electron chi connectivity index (χ1n) is 9.30. The van der Waals surface area contributed by atoms with Gasteiger partial charge in [-0.25, -0.2) is 13.8 Å².